The third-order valence-electron chi connectivity index (χ3n) is 2.16. The fourth-order valence-corrected chi connectivity index (χ4v) is 2.12. The van der Waals surface area contributed by atoms with Crippen LogP contribution in [0.2, 0.25) is 0 Å². The van der Waals surface area contributed by atoms with E-state index >= 15 is 0 Å². The van der Waals surface area contributed by atoms with Crippen LogP contribution in [0.15, 0.2) is 0 Å². The van der Waals surface area contributed by atoms with Crippen LogP contribution in [0.4, 0.5) is 5.13 Å². The van der Waals surface area contributed by atoms with E-state index in [1.807, 2.05) is 0 Å². The van der Waals surface area contributed by atoms with E-state index in [0.29, 0.717) is 37.2 Å². The maximum atomic E-state index is 10.8. The monoisotopic (exact) mass is 274 g/mol. The van der Waals surface area contributed by atoms with Gasteiger partial charge in [-0.2, -0.15) is 0 Å². The van der Waals surface area contributed by atoms with E-state index in [0.717, 1.165) is 17.8 Å². The molecule has 0 aliphatic carbocycles. The van der Waals surface area contributed by atoms with Crippen molar-refractivity contribution in [2.45, 2.75) is 13.3 Å². The Labute approximate surface area is 110 Å². The normalized spacial score (nSPS) is 10.6. The number of carbonyl (C=O) groups is 1. The molecule has 0 aliphatic rings. The highest BCUT2D eigenvalue weighted by atomic mass is 32.1. The first-order valence-corrected chi connectivity index (χ1v) is 6.48. The van der Waals surface area contributed by atoms with Gasteiger partial charge >= 0.3 is 5.97 Å². The van der Waals surface area contributed by atoms with E-state index in [9.17, 15) is 4.79 Å². The van der Waals surface area contributed by atoms with Crippen molar-refractivity contribution in [3.8, 4) is 0 Å². The lowest BCUT2D eigenvalue weighted by atomic mass is 10.4. The van der Waals surface area contributed by atoms with Gasteiger partial charge in [0.2, 0.25) is 0 Å². The summed E-state index contributed by atoms with van der Waals surface area (Å²) in [5.41, 5.74) is 0.548. The van der Waals surface area contributed by atoms with Gasteiger partial charge in [-0.15, -0.1) is 0 Å². The number of aryl methyl sites for hydroxylation is 1. The Morgan fingerprint density at radius 1 is 1.44 bits per heavy atom. The Morgan fingerprint density at radius 2 is 2.22 bits per heavy atom. The fraction of sp³-hybridized carbons (Fsp3) is 0.636. The zero-order valence-electron chi connectivity index (χ0n) is 10.6. The summed E-state index contributed by atoms with van der Waals surface area (Å²) in [5, 5.41) is 12.6. The minimum absolute atomic E-state index is 0.286. The number of ether oxygens (including phenoxy) is 2. The molecule has 2 N–H and O–H groups in total. The van der Waals surface area contributed by atoms with Crippen LogP contribution < -0.4 is 5.32 Å². The molecule has 0 radical (unpaired) electrons. The molecule has 0 fully saturated rings. The number of hydrogen-bond acceptors (Lipinski definition) is 6. The zero-order chi connectivity index (χ0) is 13.4. The van der Waals surface area contributed by atoms with Crippen LogP contribution in [0.5, 0.6) is 0 Å². The summed E-state index contributed by atoms with van der Waals surface area (Å²) >= 11 is 1.16. The third-order valence-corrected chi connectivity index (χ3v) is 3.27. The molecule has 102 valence electrons. The van der Waals surface area contributed by atoms with Gasteiger partial charge in [0.1, 0.15) is 4.88 Å². The van der Waals surface area contributed by atoms with E-state index in [1.54, 1.807) is 14.0 Å². The second-order valence-electron chi connectivity index (χ2n) is 3.62. The van der Waals surface area contributed by atoms with Crippen LogP contribution in [0.25, 0.3) is 0 Å². The minimum atomic E-state index is -0.930. The molecule has 0 aromatic carbocycles. The van der Waals surface area contributed by atoms with E-state index < -0.39 is 5.97 Å². The summed E-state index contributed by atoms with van der Waals surface area (Å²) in [4.78, 5) is 15.3. The molecule has 1 heterocycles. The second-order valence-corrected chi connectivity index (χ2v) is 4.62. The van der Waals surface area contributed by atoms with Gasteiger partial charge in [-0.1, -0.05) is 11.3 Å². The van der Waals surface area contributed by atoms with Crippen LogP contribution in [-0.2, 0) is 9.47 Å². The predicted molar refractivity (Wildman–Crippen MR) is 69.6 cm³/mol. The highest BCUT2D eigenvalue weighted by Gasteiger charge is 2.13. The van der Waals surface area contributed by atoms with Gasteiger partial charge in [0, 0.05) is 20.3 Å². The number of carboxylic acid groups (broad SMARTS) is 1. The number of anilines is 1. The second kappa shape index (κ2) is 8.02. The van der Waals surface area contributed by atoms with Crippen molar-refractivity contribution < 1.29 is 19.4 Å². The standard InChI is InChI=1S/C11H18N2O4S/c1-8-9(10(14)15)18-11(13-8)12-4-3-5-17-7-6-16-2/h3-7H2,1-2H3,(H,12,13)(H,14,15). The van der Waals surface area contributed by atoms with Gasteiger partial charge in [0.25, 0.3) is 0 Å². The van der Waals surface area contributed by atoms with Crippen molar-refractivity contribution in [1.82, 2.24) is 4.98 Å². The van der Waals surface area contributed by atoms with Crippen molar-refractivity contribution >= 4 is 22.4 Å². The topological polar surface area (TPSA) is 80.7 Å². The summed E-state index contributed by atoms with van der Waals surface area (Å²) in [6, 6.07) is 0. The van der Waals surface area contributed by atoms with Crippen molar-refractivity contribution in [2.24, 2.45) is 0 Å². The van der Waals surface area contributed by atoms with Crippen LogP contribution >= 0.6 is 11.3 Å². The number of methoxy groups -OCH3 is 1. The Morgan fingerprint density at radius 3 is 2.83 bits per heavy atom. The fourth-order valence-electron chi connectivity index (χ4n) is 1.28. The maximum absolute atomic E-state index is 10.8. The first-order valence-electron chi connectivity index (χ1n) is 5.66. The van der Waals surface area contributed by atoms with Crippen molar-refractivity contribution in [1.29, 1.82) is 0 Å². The highest BCUT2D eigenvalue weighted by Crippen LogP contribution is 2.22. The van der Waals surface area contributed by atoms with Gasteiger partial charge < -0.3 is 19.9 Å². The Kier molecular flexibility index (Phi) is 6.63. The lowest BCUT2D eigenvalue weighted by Crippen LogP contribution is -2.08. The van der Waals surface area contributed by atoms with Crippen LogP contribution in [0, 0.1) is 6.92 Å². The van der Waals surface area contributed by atoms with E-state index in [1.165, 1.54) is 0 Å². The summed E-state index contributed by atoms with van der Waals surface area (Å²) in [6.07, 6.45) is 0.838. The van der Waals surface area contributed by atoms with Crippen molar-refractivity contribution in [3.05, 3.63) is 10.6 Å². The van der Waals surface area contributed by atoms with Crippen molar-refractivity contribution in [2.75, 3.05) is 38.8 Å². The molecule has 0 spiro atoms. The molecule has 0 bridgehead atoms. The summed E-state index contributed by atoms with van der Waals surface area (Å²) in [5.74, 6) is -0.930. The Balaban J connectivity index is 2.19. The Bertz CT molecular complexity index is 381. The molecular formula is C11H18N2O4S. The molecule has 0 saturated carbocycles. The number of hydrogen-bond donors (Lipinski definition) is 2. The number of nitrogens with one attached hydrogen (secondary N) is 1. The number of aromatic nitrogens is 1. The van der Waals surface area contributed by atoms with Gasteiger partial charge in [-0.3, -0.25) is 0 Å². The average Bonchev–Trinajstić information content (AvgIpc) is 2.69. The van der Waals surface area contributed by atoms with Gasteiger partial charge in [0.15, 0.2) is 5.13 Å². The van der Waals surface area contributed by atoms with E-state index in [-0.39, 0.29) is 4.88 Å². The van der Waals surface area contributed by atoms with E-state index in [2.05, 4.69) is 10.3 Å². The molecule has 0 saturated heterocycles. The summed E-state index contributed by atoms with van der Waals surface area (Å²) in [6.45, 7) is 4.24. The molecule has 1 rings (SSSR count). The molecule has 7 heteroatoms. The molecule has 0 atom stereocenters. The highest BCUT2D eigenvalue weighted by molar-refractivity contribution is 7.17. The average molecular weight is 274 g/mol. The van der Waals surface area contributed by atoms with Crippen LogP contribution in [0.1, 0.15) is 21.8 Å². The molecule has 1 aromatic rings. The molecule has 0 aliphatic heterocycles. The summed E-state index contributed by atoms with van der Waals surface area (Å²) < 4.78 is 10.2. The third kappa shape index (κ3) is 4.99. The maximum Gasteiger partial charge on any atom is 0.347 e. The molecule has 6 nitrogen and oxygen atoms in total. The number of rotatable bonds is 9. The quantitative estimate of drug-likeness (QED) is 0.666. The van der Waals surface area contributed by atoms with Gasteiger partial charge in [-0.25, -0.2) is 9.78 Å². The summed E-state index contributed by atoms with van der Waals surface area (Å²) in [7, 11) is 1.63. The molecule has 18 heavy (non-hydrogen) atoms. The lowest BCUT2D eigenvalue weighted by Gasteiger charge is -2.04. The molecule has 0 amide bonds. The van der Waals surface area contributed by atoms with Gasteiger partial charge in [-0.05, 0) is 13.3 Å². The Hall–Kier alpha value is -1.18. The largest absolute Gasteiger partial charge is 0.477 e. The predicted octanol–water partition coefficient (Wildman–Crippen LogP) is 1.61. The molecule has 0 unspecified atom stereocenters. The number of thiazole rings is 1. The number of aromatic carboxylic acids is 1. The number of nitrogens with zero attached hydrogens (tertiary/aromatic N) is 1. The van der Waals surface area contributed by atoms with Crippen molar-refractivity contribution in [3.63, 3.8) is 0 Å². The van der Waals surface area contributed by atoms with Crippen LogP contribution in [0.3, 0.4) is 0 Å². The zero-order valence-corrected chi connectivity index (χ0v) is 11.4. The SMILES string of the molecule is COCCOCCCNc1nc(C)c(C(=O)O)s1. The lowest BCUT2D eigenvalue weighted by molar-refractivity contribution is 0.0701. The van der Waals surface area contributed by atoms with Crippen LogP contribution in [-0.4, -0.2) is 49.5 Å². The smallest absolute Gasteiger partial charge is 0.347 e. The van der Waals surface area contributed by atoms with Gasteiger partial charge in [0.05, 0.1) is 18.9 Å². The first kappa shape index (κ1) is 14.9. The first-order chi connectivity index (χ1) is 8.65. The number of carboxylic acids is 1. The van der Waals surface area contributed by atoms with E-state index in [4.69, 9.17) is 14.6 Å². The molecule has 1 aromatic heterocycles. The minimum Gasteiger partial charge on any atom is -0.477 e. The molecular weight excluding hydrogens is 256 g/mol.